The van der Waals surface area contributed by atoms with Gasteiger partial charge < -0.3 is 16.4 Å². The van der Waals surface area contributed by atoms with Crippen molar-refractivity contribution in [2.75, 3.05) is 24.5 Å². The van der Waals surface area contributed by atoms with Gasteiger partial charge in [0.05, 0.1) is 5.54 Å². The van der Waals surface area contributed by atoms with Crippen LogP contribution in [0.2, 0.25) is 0 Å². The molecular formula is C17H25ClN4O2. The van der Waals surface area contributed by atoms with Gasteiger partial charge in [-0.25, -0.2) is 4.79 Å². The van der Waals surface area contributed by atoms with Gasteiger partial charge in [-0.2, -0.15) is 0 Å². The molecule has 6 nitrogen and oxygen atoms in total. The number of rotatable bonds is 4. The number of hydrogen-bond donors (Lipinski definition) is 3. The fraction of sp³-hybridized carbons (Fsp3) is 0.529. The number of nitrogens with zero attached hydrogens (tertiary/aromatic N) is 1. The lowest BCUT2D eigenvalue weighted by Crippen LogP contribution is -2.51. The Balaban J connectivity index is 0.00000208. The van der Waals surface area contributed by atoms with E-state index in [0.717, 1.165) is 37.8 Å². The summed E-state index contributed by atoms with van der Waals surface area (Å²) in [7, 11) is 0. The van der Waals surface area contributed by atoms with Gasteiger partial charge in [0.25, 0.3) is 5.91 Å². The van der Waals surface area contributed by atoms with E-state index in [-0.39, 0.29) is 29.9 Å². The molecule has 2 aliphatic rings. The monoisotopic (exact) mass is 352 g/mol. The molecule has 0 unspecified atom stereocenters. The molecule has 3 rings (SSSR count). The quantitative estimate of drug-likeness (QED) is 0.774. The maximum absolute atomic E-state index is 12.6. The third-order valence-electron chi connectivity index (χ3n) is 4.83. The van der Waals surface area contributed by atoms with E-state index < -0.39 is 0 Å². The molecule has 1 aromatic carbocycles. The van der Waals surface area contributed by atoms with Crippen molar-refractivity contribution in [3.05, 3.63) is 29.8 Å². The first kappa shape index (κ1) is 18.5. The molecule has 0 bridgehead atoms. The standard InChI is InChI=1S/C17H24N4O2.ClH/c18-12-17(7-1-2-8-17)20-15(22)13-5-3-6-14(11-13)21-10-4-9-19-16(21)23;/h3,5-6,11H,1-2,4,7-10,12,18H2,(H,19,23)(H,20,22);1H. The Labute approximate surface area is 148 Å². The number of amides is 3. The van der Waals surface area contributed by atoms with Gasteiger partial charge in [0.15, 0.2) is 0 Å². The summed E-state index contributed by atoms with van der Waals surface area (Å²) in [5.74, 6) is -0.114. The molecule has 3 amide bonds. The third-order valence-corrected chi connectivity index (χ3v) is 4.83. The van der Waals surface area contributed by atoms with Crippen LogP contribution < -0.4 is 21.3 Å². The molecule has 0 spiro atoms. The van der Waals surface area contributed by atoms with Crippen molar-refractivity contribution in [1.29, 1.82) is 0 Å². The van der Waals surface area contributed by atoms with E-state index in [1.54, 1.807) is 17.0 Å². The molecule has 0 radical (unpaired) electrons. The van der Waals surface area contributed by atoms with Gasteiger partial charge in [-0.3, -0.25) is 9.69 Å². The van der Waals surface area contributed by atoms with E-state index in [4.69, 9.17) is 5.73 Å². The summed E-state index contributed by atoms with van der Waals surface area (Å²) in [6.45, 7) is 1.84. The molecule has 0 aromatic heterocycles. The van der Waals surface area contributed by atoms with Crippen LogP contribution in [0.4, 0.5) is 10.5 Å². The fourth-order valence-corrected chi connectivity index (χ4v) is 3.44. The van der Waals surface area contributed by atoms with Gasteiger partial charge in [-0.05, 0) is 37.5 Å². The Morgan fingerprint density at radius 1 is 1.29 bits per heavy atom. The smallest absolute Gasteiger partial charge is 0.321 e. The van der Waals surface area contributed by atoms with E-state index in [1.807, 2.05) is 12.1 Å². The highest BCUT2D eigenvalue weighted by molar-refractivity contribution is 5.98. The van der Waals surface area contributed by atoms with Crippen molar-refractivity contribution in [1.82, 2.24) is 10.6 Å². The van der Waals surface area contributed by atoms with Gasteiger partial charge in [0.1, 0.15) is 0 Å². The second kappa shape index (κ2) is 7.85. The Hall–Kier alpha value is -1.79. The molecule has 0 atom stereocenters. The average molecular weight is 353 g/mol. The first-order chi connectivity index (χ1) is 11.1. The van der Waals surface area contributed by atoms with Crippen LogP contribution in [0.5, 0.6) is 0 Å². The van der Waals surface area contributed by atoms with Gasteiger partial charge in [0.2, 0.25) is 0 Å². The molecule has 1 aromatic rings. The summed E-state index contributed by atoms with van der Waals surface area (Å²) in [4.78, 5) is 26.2. The van der Waals surface area contributed by atoms with Crippen molar-refractivity contribution in [3.8, 4) is 0 Å². The maximum Gasteiger partial charge on any atom is 0.321 e. The second-order valence-electron chi connectivity index (χ2n) is 6.43. The zero-order valence-electron chi connectivity index (χ0n) is 13.7. The largest absolute Gasteiger partial charge is 0.345 e. The van der Waals surface area contributed by atoms with Crippen molar-refractivity contribution in [3.63, 3.8) is 0 Å². The van der Waals surface area contributed by atoms with Crippen LogP contribution in [0.1, 0.15) is 42.5 Å². The number of carbonyl (C=O) groups is 2. The minimum Gasteiger partial charge on any atom is -0.345 e. The number of nitrogens with two attached hydrogens (primary N) is 1. The summed E-state index contributed by atoms with van der Waals surface area (Å²) in [6, 6.07) is 7.12. The number of carbonyl (C=O) groups excluding carboxylic acids is 2. The SMILES string of the molecule is Cl.NCC1(NC(=O)c2cccc(N3CCCNC3=O)c2)CCCC1. The topological polar surface area (TPSA) is 87.5 Å². The Bertz CT molecular complexity index is 602. The van der Waals surface area contributed by atoms with Gasteiger partial charge in [-0.15, -0.1) is 12.4 Å². The molecule has 2 fully saturated rings. The number of urea groups is 1. The Morgan fingerprint density at radius 2 is 2.04 bits per heavy atom. The van der Waals surface area contributed by atoms with Crippen LogP contribution in [0.15, 0.2) is 24.3 Å². The predicted octanol–water partition coefficient (Wildman–Crippen LogP) is 2.03. The maximum atomic E-state index is 12.6. The summed E-state index contributed by atoms with van der Waals surface area (Å²) < 4.78 is 0. The van der Waals surface area contributed by atoms with Gasteiger partial charge in [-0.1, -0.05) is 18.9 Å². The van der Waals surface area contributed by atoms with Crippen LogP contribution in [0.25, 0.3) is 0 Å². The summed E-state index contributed by atoms with van der Waals surface area (Å²) in [5.41, 5.74) is 6.94. The summed E-state index contributed by atoms with van der Waals surface area (Å²) >= 11 is 0. The van der Waals surface area contributed by atoms with E-state index >= 15 is 0 Å². The van der Waals surface area contributed by atoms with Crippen LogP contribution in [0, 0.1) is 0 Å². The molecule has 132 valence electrons. The van der Waals surface area contributed by atoms with E-state index in [9.17, 15) is 9.59 Å². The lowest BCUT2D eigenvalue weighted by atomic mass is 9.97. The number of hydrogen-bond acceptors (Lipinski definition) is 3. The lowest BCUT2D eigenvalue weighted by molar-refractivity contribution is 0.0903. The minimum absolute atomic E-state index is 0. The minimum atomic E-state index is -0.268. The number of anilines is 1. The molecule has 1 aliphatic heterocycles. The third kappa shape index (κ3) is 3.82. The Morgan fingerprint density at radius 3 is 2.71 bits per heavy atom. The molecule has 1 aliphatic carbocycles. The highest BCUT2D eigenvalue weighted by Crippen LogP contribution is 2.29. The average Bonchev–Trinajstić information content (AvgIpc) is 3.04. The van der Waals surface area contributed by atoms with Crippen molar-refractivity contribution in [2.24, 2.45) is 5.73 Å². The molecule has 24 heavy (non-hydrogen) atoms. The normalized spacial score (nSPS) is 19.4. The second-order valence-corrected chi connectivity index (χ2v) is 6.43. The van der Waals surface area contributed by atoms with E-state index in [0.29, 0.717) is 25.2 Å². The Kier molecular flexibility index (Phi) is 6.07. The predicted molar refractivity (Wildman–Crippen MR) is 96.8 cm³/mol. The van der Waals surface area contributed by atoms with E-state index in [2.05, 4.69) is 10.6 Å². The highest BCUT2D eigenvalue weighted by atomic mass is 35.5. The summed E-state index contributed by atoms with van der Waals surface area (Å²) in [6.07, 6.45) is 4.97. The highest BCUT2D eigenvalue weighted by Gasteiger charge is 2.34. The molecule has 7 heteroatoms. The first-order valence-corrected chi connectivity index (χ1v) is 8.32. The van der Waals surface area contributed by atoms with Crippen LogP contribution in [-0.4, -0.2) is 37.1 Å². The molecule has 1 saturated heterocycles. The van der Waals surface area contributed by atoms with Crippen LogP contribution in [-0.2, 0) is 0 Å². The molecular weight excluding hydrogens is 328 g/mol. The zero-order valence-corrected chi connectivity index (χ0v) is 14.5. The van der Waals surface area contributed by atoms with E-state index in [1.165, 1.54) is 0 Å². The van der Waals surface area contributed by atoms with Crippen LogP contribution in [0.3, 0.4) is 0 Å². The molecule has 1 heterocycles. The number of halogens is 1. The number of nitrogens with one attached hydrogen (secondary N) is 2. The number of benzene rings is 1. The van der Waals surface area contributed by atoms with Crippen LogP contribution >= 0.6 is 12.4 Å². The zero-order chi connectivity index (χ0) is 16.3. The van der Waals surface area contributed by atoms with Gasteiger partial charge in [0, 0.05) is 30.9 Å². The molecule has 4 N–H and O–H groups in total. The van der Waals surface area contributed by atoms with Crippen molar-refractivity contribution >= 4 is 30.0 Å². The lowest BCUT2D eigenvalue weighted by Gasteiger charge is -2.30. The molecule has 1 saturated carbocycles. The summed E-state index contributed by atoms with van der Waals surface area (Å²) in [5, 5.41) is 5.94. The van der Waals surface area contributed by atoms with Crippen molar-refractivity contribution in [2.45, 2.75) is 37.6 Å². The van der Waals surface area contributed by atoms with Crippen molar-refractivity contribution < 1.29 is 9.59 Å². The van der Waals surface area contributed by atoms with Gasteiger partial charge >= 0.3 is 6.03 Å². The first-order valence-electron chi connectivity index (χ1n) is 8.32. The fourth-order valence-electron chi connectivity index (χ4n) is 3.44.